The Morgan fingerprint density at radius 1 is 1.15 bits per heavy atom. The molecular weight excluding hydrogens is 346 g/mol. The molecule has 1 aromatic carbocycles. The van der Waals surface area contributed by atoms with Crippen molar-refractivity contribution < 1.29 is 24.2 Å². The van der Waals surface area contributed by atoms with E-state index in [1.807, 2.05) is 4.90 Å². The molecule has 0 unspecified atom stereocenters. The zero-order valence-corrected chi connectivity index (χ0v) is 15.7. The van der Waals surface area contributed by atoms with Gasteiger partial charge in [0.05, 0.1) is 18.8 Å². The van der Waals surface area contributed by atoms with Crippen LogP contribution in [0.2, 0.25) is 0 Å². The second-order valence-corrected chi connectivity index (χ2v) is 8.11. The Bertz CT molecular complexity index is 716. The minimum absolute atomic E-state index is 0.225. The third kappa shape index (κ3) is 3.68. The van der Waals surface area contributed by atoms with Crippen molar-refractivity contribution in [1.82, 2.24) is 4.90 Å². The molecule has 4 rings (SSSR count). The summed E-state index contributed by atoms with van der Waals surface area (Å²) in [6.45, 7) is 1.54. The Morgan fingerprint density at radius 3 is 2.56 bits per heavy atom. The zero-order chi connectivity index (χ0) is 19.0. The van der Waals surface area contributed by atoms with Crippen molar-refractivity contribution >= 4 is 11.9 Å². The number of esters is 1. The van der Waals surface area contributed by atoms with Crippen LogP contribution in [-0.4, -0.2) is 54.3 Å². The number of aliphatic hydroxyl groups excluding tert-OH is 1. The summed E-state index contributed by atoms with van der Waals surface area (Å²) in [6, 6.07) is 6.85. The van der Waals surface area contributed by atoms with Crippen molar-refractivity contribution in [1.29, 1.82) is 0 Å². The maximum Gasteiger partial charge on any atom is 0.337 e. The van der Waals surface area contributed by atoms with Crippen LogP contribution in [0.5, 0.6) is 5.75 Å². The molecular formula is C21H27NO5. The largest absolute Gasteiger partial charge is 0.488 e. The number of hydrogen-bond donors (Lipinski definition) is 1. The quantitative estimate of drug-likeness (QED) is 0.820. The number of carbonyl (C=O) groups is 2. The van der Waals surface area contributed by atoms with Gasteiger partial charge in [-0.25, -0.2) is 4.79 Å². The molecule has 1 aromatic rings. The molecule has 1 aliphatic heterocycles. The Balaban J connectivity index is 1.39. The molecule has 146 valence electrons. The van der Waals surface area contributed by atoms with Gasteiger partial charge in [-0.3, -0.25) is 4.79 Å². The van der Waals surface area contributed by atoms with Gasteiger partial charge in [-0.05, 0) is 55.7 Å². The van der Waals surface area contributed by atoms with E-state index in [0.29, 0.717) is 35.5 Å². The van der Waals surface area contributed by atoms with E-state index >= 15 is 0 Å². The first-order valence-corrected chi connectivity index (χ1v) is 9.87. The van der Waals surface area contributed by atoms with Crippen LogP contribution in [-0.2, 0) is 9.53 Å². The summed E-state index contributed by atoms with van der Waals surface area (Å²) in [5.41, 5.74) is 0.427. The topological polar surface area (TPSA) is 76.1 Å². The number of carbonyl (C=O) groups excluding carboxylic acids is 2. The van der Waals surface area contributed by atoms with E-state index in [-0.39, 0.29) is 12.0 Å². The van der Waals surface area contributed by atoms with Gasteiger partial charge >= 0.3 is 5.97 Å². The minimum Gasteiger partial charge on any atom is -0.488 e. The van der Waals surface area contributed by atoms with Crippen LogP contribution in [0.4, 0.5) is 0 Å². The summed E-state index contributed by atoms with van der Waals surface area (Å²) in [7, 11) is 1.34. The molecule has 1 saturated heterocycles. The maximum absolute atomic E-state index is 12.5. The Kier molecular flexibility index (Phi) is 5.08. The highest BCUT2D eigenvalue weighted by Gasteiger charge is 2.45. The zero-order valence-electron chi connectivity index (χ0n) is 15.7. The van der Waals surface area contributed by atoms with E-state index < -0.39 is 12.1 Å². The smallest absolute Gasteiger partial charge is 0.337 e. The summed E-state index contributed by atoms with van der Waals surface area (Å²) < 4.78 is 10.8. The van der Waals surface area contributed by atoms with E-state index in [1.54, 1.807) is 24.3 Å². The Labute approximate surface area is 159 Å². The summed E-state index contributed by atoms with van der Waals surface area (Å²) in [5, 5.41) is 10.6. The molecule has 2 aliphatic carbocycles. The van der Waals surface area contributed by atoms with Gasteiger partial charge in [-0.1, -0.05) is 12.5 Å². The average Bonchev–Trinajstić information content (AvgIpc) is 3.03. The number of fused-ring (bicyclic) bond motifs is 1. The monoisotopic (exact) mass is 373 g/mol. The van der Waals surface area contributed by atoms with Crippen LogP contribution < -0.4 is 4.74 Å². The molecule has 0 spiro atoms. The van der Waals surface area contributed by atoms with E-state index in [2.05, 4.69) is 0 Å². The first-order chi connectivity index (χ1) is 13.0. The molecule has 27 heavy (non-hydrogen) atoms. The normalized spacial score (nSPS) is 30.4. The van der Waals surface area contributed by atoms with Gasteiger partial charge in [0, 0.05) is 19.0 Å². The number of nitrogens with zero attached hydrogens (tertiary/aromatic N) is 1. The van der Waals surface area contributed by atoms with Crippen LogP contribution in [0, 0.1) is 17.8 Å². The number of benzene rings is 1. The van der Waals surface area contributed by atoms with Crippen LogP contribution in [0.25, 0.3) is 0 Å². The molecule has 3 aliphatic rings. The number of aliphatic hydroxyl groups is 1. The molecule has 0 aromatic heterocycles. The number of methoxy groups -OCH3 is 1. The van der Waals surface area contributed by atoms with Crippen molar-refractivity contribution in [2.45, 2.75) is 44.3 Å². The van der Waals surface area contributed by atoms with Gasteiger partial charge in [0.25, 0.3) is 0 Å². The van der Waals surface area contributed by atoms with Crippen molar-refractivity contribution in [2.24, 2.45) is 17.8 Å². The predicted molar refractivity (Wildman–Crippen MR) is 98.3 cm³/mol. The molecule has 4 atom stereocenters. The molecule has 3 fully saturated rings. The minimum atomic E-state index is -0.563. The SMILES string of the molecule is COC(=O)c1cccc(O[C@@H]2C[C@@H]3CN(C(=O)C4CCC4)C[C@@H]3C[C@H]2O)c1. The van der Waals surface area contributed by atoms with E-state index in [0.717, 1.165) is 38.8 Å². The second kappa shape index (κ2) is 7.50. The van der Waals surface area contributed by atoms with Crippen LogP contribution in [0.1, 0.15) is 42.5 Å². The molecule has 6 heteroatoms. The summed E-state index contributed by atoms with van der Waals surface area (Å²) in [4.78, 5) is 26.2. The van der Waals surface area contributed by atoms with Crippen molar-refractivity contribution in [2.75, 3.05) is 20.2 Å². The van der Waals surface area contributed by atoms with E-state index in [1.165, 1.54) is 7.11 Å². The van der Waals surface area contributed by atoms with Crippen LogP contribution in [0.3, 0.4) is 0 Å². The highest BCUT2D eigenvalue weighted by molar-refractivity contribution is 5.89. The standard InChI is InChI=1S/C21H27NO5/c1-26-21(25)14-6-3-7-17(8-14)27-19-10-16-12-22(11-15(16)9-18(19)23)20(24)13-4-2-5-13/h3,6-8,13,15-16,18-19,23H,2,4-5,9-12H2,1H3/t15-,16+,18+,19+/m0/s1. The second-order valence-electron chi connectivity index (χ2n) is 8.11. The Morgan fingerprint density at radius 2 is 1.89 bits per heavy atom. The number of rotatable bonds is 4. The Hall–Kier alpha value is -2.08. The van der Waals surface area contributed by atoms with Gasteiger partial charge in [0.15, 0.2) is 0 Å². The molecule has 1 N–H and O–H groups in total. The molecule has 1 amide bonds. The fourth-order valence-electron chi connectivity index (χ4n) is 4.60. The predicted octanol–water partition coefficient (Wildman–Crippen LogP) is 2.25. The summed E-state index contributed by atoms with van der Waals surface area (Å²) in [5.74, 6) is 1.39. The van der Waals surface area contributed by atoms with Gasteiger partial charge in [0.2, 0.25) is 5.91 Å². The van der Waals surface area contributed by atoms with Crippen LogP contribution >= 0.6 is 0 Å². The highest BCUT2D eigenvalue weighted by atomic mass is 16.5. The summed E-state index contributed by atoms with van der Waals surface area (Å²) >= 11 is 0. The summed E-state index contributed by atoms with van der Waals surface area (Å²) in [6.07, 6.45) is 3.70. The lowest BCUT2D eigenvalue weighted by Gasteiger charge is -2.35. The molecule has 2 saturated carbocycles. The van der Waals surface area contributed by atoms with Gasteiger partial charge in [-0.2, -0.15) is 0 Å². The number of amides is 1. The first kappa shape index (κ1) is 18.3. The maximum atomic E-state index is 12.5. The van der Waals surface area contributed by atoms with Gasteiger partial charge in [-0.15, -0.1) is 0 Å². The number of hydrogen-bond acceptors (Lipinski definition) is 5. The van der Waals surface area contributed by atoms with Crippen molar-refractivity contribution in [3.8, 4) is 5.75 Å². The fourth-order valence-corrected chi connectivity index (χ4v) is 4.60. The lowest BCUT2D eigenvalue weighted by Crippen LogP contribution is -2.42. The third-order valence-electron chi connectivity index (χ3n) is 6.39. The highest BCUT2D eigenvalue weighted by Crippen LogP contribution is 2.40. The molecule has 6 nitrogen and oxygen atoms in total. The third-order valence-corrected chi connectivity index (χ3v) is 6.39. The fraction of sp³-hybridized carbons (Fsp3) is 0.619. The average molecular weight is 373 g/mol. The van der Waals surface area contributed by atoms with Crippen molar-refractivity contribution in [3.05, 3.63) is 29.8 Å². The van der Waals surface area contributed by atoms with E-state index in [4.69, 9.17) is 9.47 Å². The number of ether oxygens (including phenoxy) is 2. The molecule has 0 bridgehead atoms. The lowest BCUT2D eigenvalue weighted by molar-refractivity contribution is -0.137. The van der Waals surface area contributed by atoms with Crippen LogP contribution in [0.15, 0.2) is 24.3 Å². The van der Waals surface area contributed by atoms with E-state index in [9.17, 15) is 14.7 Å². The molecule has 0 radical (unpaired) electrons. The van der Waals surface area contributed by atoms with Gasteiger partial charge in [0.1, 0.15) is 11.9 Å². The molecule has 1 heterocycles. The van der Waals surface area contributed by atoms with Crippen molar-refractivity contribution in [3.63, 3.8) is 0 Å². The lowest BCUT2D eigenvalue weighted by atomic mass is 9.78. The number of likely N-dealkylation sites (tertiary alicyclic amines) is 1. The van der Waals surface area contributed by atoms with Gasteiger partial charge < -0.3 is 19.5 Å². The first-order valence-electron chi connectivity index (χ1n) is 9.87.